The van der Waals surface area contributed by atoms with Gasteiger partial charge in [0.05, 0.1) is 28.2 Å². The molecule has 0 N–H and O–H groups in total. The van der Waals surface area contributed by atoms with Gasteiger partial charge >= 0.3 is 0 Å². The van der Waals surface area contributed by atoms with Gasteiger partial charge in [0.1, 0.15) is 11.6 Å². The zero-order valence-electron chi connectivity index (χ0n) is 19.5. The number of fused-ring (bicyclic) bond motifs is 1. The fraction of sp³-hybridized carbons (Fsp3) is 0.500. The molecule has 0 fully saturated rings. The maximum absolute atomic E-state index is 12.8. The molecule has 0 saturated heterocycles. The van der Waals surface area contributed by atoms with Gasteiger partial charge in [0.25, 0.3) is 0 Å². The molecule has 0 aliphatic carbocycles. The number of benzene rings is 1. The number of imidazole rings is 1. The number of sulfonamides is 1. The van der Waals surface area contributed by atoms with Gasteiger partial charge in [0.15, 0.2) is 0 Å². The molecule has 3 rings (SSSR count). The van der Waals surface area contributed by atoms with Crippen molar-refractivity contribution >= 4 is 27.0 Å². The first-order valence-corrected chi connectivity index (χ1v) is 12.1. The second kappa shape index (κ2) is 9.41. The van der Waals surface area contributed by atoms with E-state index in [-0.39, 0.29) is 10.8 Å². The number of aryl methyl sites for hydroxylation is 4. The Morgan fingerprint density at radius 3 is 2.47 bits per heavy atom. The summed E-state index contributed by atoms with van der Waals surface area (Å²) in [5.41, 5.74) is 3.14. The zero-order valence-corrected chi connectivity index (χ0v) is 20.4. The van der Waals surface area contributed by atoms with Crippen LogP contribution in [0.25, 0.3) is 11.0 Å². The van der Waals surface area contributed by atoms with E-state index in [9.17, 15) is 13.2 Å². The summed E-state index contributed by atoms with van der Waals surface area (Å²) in [5.74, 6) is 1.44. The largest absolute Gasteiger partial charge is 0.361 e. The van der Waals surface area contributed by atoms with Gasteiger partial charge in [-0.1, -0.05) is 19.0 Å². The number of hydrogen-bond donors (Lipinski definition) is 0. The molecular weight excluding hydrogens is 430 g/mol. The molecule has 9 nitrogen and oxygen atoms in total. The fourth-order valence-electron chi connectivity index (χ4n) is 3.79. The van der Waals surface area contributed by atoms with E-state index in [1.165, 1.54) is 4.31 Å². The van der Waals surface area contributed by atoms with Crippen molar-refractivity contribution < 1.29 is 17.7 Å². The normalized spacial score (nSPS) is 12.1. The third kappa shape index (κ3) is 4.56. The highest BCUT2D eigenvalue weighted by Gasteiger charge is 2.23. The highest BCUT2D eigenvalue weighted by Crippen LogP contribution is 2.23. The standard InChI is InChI=1S/C22H31N5O4S/c1-7-27(8-2)32(29,30)17-9-10-20-19(13-17)23-21(26(20)6)11-12-22(28)25(5)14-18-15(3)24-31-16(18)4/h9-10,13H,7-8,11-12,14H2,1-6H3. The monoisotopic (exact) mass is 461 g/mol. The molecule has 1 amide bonds. The molecule has 0 aliphatic rings. The fourth-order valence-corrected chi connectivity index (χ4v) is 5.27. The first-order chi connectivity index (χ1) is 15.1. The van der Waals surface area contributed by atoms with Crippen LogP contribution in [-0.2, 0) is 34.8 Å². The molecule has 0 saturated carbocycles. The van der Waals surface area contributed by atoms with Gasteiger partial charge in [-0.05, 0) is 32.0 Å². The van der Waals surface area contributed by atoms with Crippen molar-refractivity contribution in [1.29, 1.82) is 0 Å². The lowest BCUT2D eigenvalue weighted by molar-refractivity contribution is -0.130. The first kappa shape index (κ1) is 23.9. The van der Waals surface area contributed by atoms with Crippen LogP contribution in [-0.4, -0.2) is 58.4 Å². The van der Waals surface area contributed by atoms with E-state index in [2.05, 4.69) is 10.1 Å². The van der Waals surface area contributed by atoms with Crippen LogP contribution in [0.5, 0.6) is 0 Å². The number of carbonyl (C=O) groups excluding carboxylic acids is 1. The molecule has 2 aromatic heterocycles. The third-order valence-electron chi connectivity index (χ3n) is 5.85. The second-order valence-electron chi connectivity index (χ2n) is 7.88. The molecule has 0 spiro atoms. The van der Waals surface area contributed by atoms with E-state index in [0.29, 0.717) is 43.8 Å². The highest BCUT2D eigenvalue weighted by molar-refractivity contribution is 7.89. The summed E-state index contributed by atoms with van der Waals surface area (Å²) < 4.78 is 34.2. The topological polar surface area (TPSA) is 102 Å². The molecular formula is C22H31N5O4S. The van der Waals surface area contributed by atoms with Crippen molar-refractivity contribution in [2.45, 2.75) is 52.0 Å². The molecule has 0 aliphatic heterocycles. The van der Waals surface area contributed by atoms with Crippen LogP contribution < -0.4 is 0 Å². The van der Waals surface area contributed by atoms with E-state index in [4.69, 9.17) is 4.52 Å². The van der Waals surface area contributed by atoms with Crippen molar-refractivity contribution in [3.8, 4) is 0 Å². The minimum absolute atomic E-state index is 0.0122. The van der Waals surface area contributed by atoms with Crippen molar-refractivity contribution in [3.05, 3.63) is 41.0 Å². The van der Waals surface area contributed by atoms with Crippen molar-refractivity contribution in [2.75, 3.05) is 20.1 Å². The third-order valence-corrected chi connectivity index (χ3v) is 7.90. The average Bonchev–Trinajstić information content (AvgIpc) is 3.25. The number of aromatic nitrogens is 3. The van der Waals surface area contributed by atoms with Crippen molar-refractivity contribution in [1.82, 2.24) is 23.9 Å². The lowest BCUT2D eigenvalue weighted by Gasteiger charge is -2.18. The Hall–Kier alpha value is -2.72. The predicted octanol–water partition coefficient (Wildman–Crippen LogP) is 2.80. The maximum atomic E-state index is 12.8. The van der Waals surface area contributed by atoms with Gasteiger partial charge < -0.3 is 14.0 Å². The second-order valence-corrected chi connectivity index (χ2v) is 9.82. The highest BCUT2D eigenvalue weighted by atomic mass is 32.2. The molecule has 32 heavy (non-hydrogen) atoms. The summed E-state index contributed by atoms with van der Waals surface area (Å²) in [6.07, 6.45) is 0.746. The molecule has 2 heterocycles. The minimum Gasteiger partial charge on any atom is -0.361 e. The number of amides is 1. The molecule has 3 aromatic rings. The summed E-state index contributed by atoms with van der Waals surface area (Å²) in [4.78, 5) is 19.2. The summed E-state index contributed by atoms with van der Waals surface area (Å²) in [7, 11) is 0.0790. The maximum Gasteiger partial charge on any atom is 0.243 e. The predicted molar refractivity (Wildman–Crippen MR) is 122 cm³/mol. The van der Waals surface area contributed by atoms with E-state index in [0.717, 1.165) is 22.6 Å². The Bertz CT molecular complexity index is 1210. The SMILES string of the molecule is CCN(CC)S(=O)(=O)c1ccc2c(c1)nc(CCC(=O)N(C)Cc1c(C)noc1C)n2C. The van der Waals surface area contributed by atoms with Crippen LogP contribution in [0.15, 0.2) is 27.6 Å². The van der Waals surface area contributed by atoms with Gasteiger partial charge in [-0.25, -0.2) is 13.4 Å². The van der Waals surface area contributed by atoms with E-state index in [1.54, 1.807) is 30.1 Å². The Balaban J connectivity index is 1.75. The molecule has 1 aromatic carbocycles. The molecule has 10 heteroatoms. The Morgan fingerprint density at radius 1 is 1.19 bits per heavy atom. The van der Waals surface area contributed by atoms with Crippen LogP contribution in [0.3, 0.4) is 0 Å². The number of hydrogen-bond acceptors (Lipinski definition) is 6. The van der Waals surface area contributed by atoms with Crippen LogP contribution >= 0.6 is 0 Å². The number of nitrogens with zero attached hydrogens (tertiary/aromatic N) is 5. The van der Waals surface area contributed by atoms with Crippen LogP contribution in [0.2, 0.25) is 0 Å². The average molecular weight is 462 g/mol. The van der Waals surface area contributed by atoms with Crippen molar-refractivity contribution in [3.63, 3.8) is 0 Å². The quantitative estimate of drug-likeness (QED) is 0.486. The molecule has 174 valence electrons. The lowest BCUT2D eigenvalue weighted by atomic mass is 10.2. The van der Waals surface area contributed by atoms with E-state index < -0.39 is 10.0 Å². The Kier molecular flexibility index (Phi) is 7.04. The van der Waals surface area contributed by atoms with Gasteiger partial charge in [-0.2, -0.15) is 4.31 Å². The molecule has 0 atom stereocenters. The number of rotatable bonds is 9. The van der Waals surface area contributed by atoms with Crippen LogP contribution in [0.4, 0.5) is 0 Å². The van der Waals surface area contributed by atoms with Gasteiger partial charge in [-0.3, -0.25) is 4.79 Å². The Morgan fingerprint density at radius 2 is 1.88 bits per heavy atom. The molecule has 0 bridgehead atoms. The zero-order chi connectivity index (χ0) is 23.6. The first-order valence-electron chi connectivity index (χ1n) is 10.7. The summed E-state index contributed by atoms with van der Waals surface area (Å²) in [6.45, 7) is 8.59. The minimum atomic E-state index is -3.55. The van der Waals surface area contributed by atoms with Crippen molar-refractivity contribution in [2.24, 2.45) is 7.05 Å². The summed E-state index contributed by atoms with van der Waals surface area (Å²) >= 11 is 0. The lowest BCUT2D eigenvalue weighted by Crippen LogP contribution is -2.30. The van der Waals surface area contributed by atoms with Crippen LogP contribution in [0, 0.1) is 13.8 Å². The van der Waals surface area contributed by atoms with E-state index >= 15 is 0 Å². The molecule has 0 unspecified atom stereocenters. The van der Waals surface area contributed by atoms with Gasteiger partial charge in [0.2, 0.25) is 15.9 Å². The number of carbonyl (C=O) groups is 1. The van der Waals surface area contributed by atoms with Crippen LogP contribution in [0.1, 0.15) is 43.1 Å². The Labute approximate surface area is 189 Å². The van der Waals surface area contributed by atoms with Gasteiger partial charge in [-0.15, -0.1) is 0 Å². The molecule has 0 radical (unpaired) electrons. The van der Waals surface area contributed by atoms with Gasteiger partial charge in [0, 0.05) is 45.6 Å². The summed E-state index contributed by atoms with van der Waals surface area (Å²) in [5, 5.41) is 3.93. The smallest absolute Gasteiger partial charge is 0.243 e. The summed E-state index contributed by atoms with van der Waals surface area (Å²) in [6, 6.07) is 5.00. The van der Waals surface area contributed by atoms with E-state index in [1.807, 2.05) is 39.3 Å².